The van der Waals surface area contributed by atoms with E-state index in [4.69, 9.17) is 4.74 Å². The molecule has 1 rings (SSSR count). The van der Waals surface area contributed by atoms with Crippen LogP contribution in [0.15, 0.2) is 12.4 Å². The number of nitrogens with zero attached hydrogens (tertiary/aromatic N) is 2. The highest BCUT2D eigenvalue weighted by Crippen LogP contribution is 2.28. The van der Waals surface area contributed by atoms with Gasteiger partial charge in [0.25, 0.3) is 0 Å². The molecule has 0 fully saturated rings. The van der Waals surface area contributed by atoms with Crippen LogP contribution in [0.4, 0.5) is 0 Å². The maximum Gasteiger partial charge on any atom is 0.157 e. The number of halogens is 1. The van der Waals surface area contributed by atoms with Crippen molar-refractivity contribution in [2.24, 2.45) is 11.3 Å². The van der Waals surface area contributed by atoms with Crippen molar-refractivity contribution in [1.82, 2.24) is 9.78 Å². The van der Waals surface area contributed by atoms with Crippen molar-refractivity contribution < 1.29 is 4.74 Å². The largest absolute Gasteiger partial charge is 0.490 e. The Hall–Kier alpha value is -0.510. The number of alkyl halides is 1. The van der Waals surface area contributed by atoms with E-state index in [-0.39, 0.29) is 5.41 Å². The van der Waals surface area contributed by atoms with Crippen molar-refractivity contribution in [1.29, 1.82) is 0 Å². The minimum atomic E-state index is 0.254. The Morgan fingerprint density at radius 2 is 2.19 bits per heavy atom. The van der Waals surface area contributed by atoms with Crippen LogP contribution in [0.3, 0.4) is 0 Å². The van der Waals surface area contributed by atoms with Gasteiger partial charge in [-0.1, -0.05) is 36.7 Å². The van der Waals surface area contributed by atoms with E-state index in [2.05, 4.69) is 48.7 Å². The predicted octanol–water partition coefficient (Wildman–Crippen LogP) is 3.34. The normalized spacial score (nSPS) is 13.8. The smallest absolute Gasteiger partial charge is 0.157 e. The van der Waals surface area contributed by atoms with Crippen LogP contribution < -0.4 is 4.74 Å². The summed E-state index contributed by atoms with van der Waals surface area (Å²) in [5.74, 6) is 1.36. The third kappa shape index (κ3) is 3.81. The molecule has 1 unspecified atom stereocenters. The lowest BCUT2D eigenvalue weighted by atomic mass is 9.83. The summed E-state index contributed by atoms with van der Waals surface area (Å²) in [5, 5.41) is 5.14. The molecular weight excluding hydrogens is 268 g/mol. The average molecular weight is 289 g/mol. The molecule has 0 saturated heterocycles. The van der Waals surface area contributed by atoms with Crippen LogP contribution >= 0.6 is 15.9 Å². The van der Waals surface area contributed by atoms with Gasteiger partial charge < -0.3 is 4.74 Å². The molecule has 0 bridgehead atoms. The van der Waals surface area contributed by atoms with Crippen LogP contribution in [0.1, 0.15) is 27.7 Å². The molecule has 0 aliphatic rings. The zero-order valence-electron chi connectivity index (χ0n) is 10.5. The second-order valence-corrected chi connectivity index (χ2v) is 5.71. The van der Waals surface area contributed by atoms with Crippen molar-refractivity contribution >= 4 is 15.9 Å². The quantitative estimate of drug-likeness (QED) is 0.777. The lowest BCUT2D eigenvalue weighted by Gasteiger charge is -2.28. The summed E-state index contributed by atoms with van der Waals surface area (Å²) in [4.78, 5) is 0. The summed E-state index contributed by atoms with van der Waals surface area (Å²) < 4.78 is 7.63. The summed E-state index contributed by atoms with van der Waals surface area (Å²) in [6.07, 6.45) is 3.71. The van der Waals surface area contributed by atoms with Crippen molar-refractivity contribution in [2.45, 2.75) is 34.2 Å². The topological polar surface area (TPSA) is 27.1 Å². The molecule has 1 aromatic heterocycles. The summed E-state index contributed by atoms with van der Waals surface area (Å²) in [7, 11) is 0. The maximum atomic E-state index is 5.75. The summed E-state index contributed by atoms with van der Waals surface area (Å²) in [6, 6.07) is 0. The van der Waals surface area contributed by atoms with Crippen LogP contribution in [0, 0.1) is 11.3 Å². The van der Waals surface area contributed by atoms with Crippen LogP contribution in [0.25, 0.3) is 0 Å². The number of hydrogen-bond donors (Lipinski definition) is 0. The second-order valence-electron chi connectivity index (χ2n) is 5.06. The molecule has 92 valence electrons. The molecule has 0 saturated carbocycles. The Morgan fingerprint density at radius 1 is 1.50 bits per heavy atom. The lowest BCUT2D eigenvalue weighted by molar-refractivity contribution is 0.166. The van der Waals surface area contributed by atoms with Crippen LogP contribution in [0.5, 0.6) is 5.75 Å². The van der Waals surface area contributed by atoms with Gasteiger partial charge in [0.1, 0.15) is 0 Å². The standard InChI is InChI=1S/C12H21BrN2O/c1-5-15-8-11(7-14-15)16-9-10(6-13)12(2,3)4/h7-8,10H,5-6,9H2,1-4H3. The first kappa shape index (κ1) is 13.6. The van der Waals surface area contributed by atoms with E-state index in [1.807, 2.05) is 10.9 Å². The number of aryl methyl sites for hydroxylation is 1. The Morgan fingerprint density at radius 3 is 2.62 bits per heavy atom. The zero-order valence-corrected chi connectivity index (χ0v) is 12.1. The molecule has 0 amide bonds. The zero-order chi connectivity index (χ0) is 12.2. The van der Waals surface area contributed by atoms with E-state index in [1.165, 1.54) is 0 Å². The highest BCUT2D eigenvalue weighted by Gasteiger charge is 2.24. The van der Waals surface area contributed by atoms with Gasteiger partial charge in [-0.15, -0.1) is 0 Å². The molecule has 16 heavy (non-hydrogen) atoms. The molecule has 1 heterocycles. The van der Waals surface area contributed by atoms with Crippen molar-refractivity contribution in [2.75, 3.05) is 11.9 Å². The third-order valence-corrected chi connectivity index (χ3v) is 3.58. The number of rotatable bonds is 5. The highest BCUT2D eigenvalue weighted by atomic mass is 79.9. The first-order chi connectivity index (χ1) is 7.47. The molecular formula is C12H21BrN2O. The highest BCUT2D eigenvalue weighted by molar-refractivity contribution is 9.09. The van der Waals surface area contributed by atoms with Crippen LogP contribution in [-0.4, -0.2) is 21.7 Å². The van der Waals surface area contributed by atoms with Gasteiger partial charge in [0.05, 0.1) is 19.0 Å². The molecule has 0 aliphatic carbocycles. The fourth-order valence-electron chi connectivity index (χ4n) is 1.31. The van der Waals surface area contributed by atoms with Crippen molar-refractivity contribution in [3.05, 3.63) is 12.4 Å². The Kier molecular flexibility index (Phi) is 4.84. The summed E-state index contributed by atoms with van der Waals surface area (Å²) >= 11 is 3.54. The molecule has 1 atom stereocenters. The monoisotopic (exact) mass is 288 g/mol. The van der Waals surface area contributed by atoms with Crippen molar-refractivity contribution in [3.8, 4) is 5.75 Å². The van der Waals surface area contributed by atoms with E-state index < -0.39 is 0 Å². The molecule has 0 radical (unpaired) electrons. The first-order valence-electron chi connectivity index (χ1n) is 5.68. The van der Waals surface area contributed by atoms with Crippen LogP contribution in [-0.2, 0) is 6.54 Å². The van der Waals surface area contributed by atoms with Gasteiger partial charge in [-0.2, -0.15) is 5.10 Å². The minimum Gasteiger partial charge on any atom is -0.490 e. The number of ether oxygens (including phenoxy) is 1. The van der Waals surface area contributed by atoms with Gasteiger partial charge in [-0.05, 0) is 12.3 Å². The van der Waals surface area contributed by atoms with Gasteiger partial charge >= 0.3 is 0 Å². The molecule has 3 nitrogen and oxygen atoms in total. The lowest BCUT2D eigenvalue weighted by Crippen LogP contribution is -2.27. The Bertz CT molecular complexity index is 317. The van der Waals surface area contributed by atoms with E-state index in [0.29, 0.717) is 5.92 Å². The van der Waals surface area contributed by atoms with E-state index in [9.17, 15) is 0 Å². The fourth-order valence-corrected chi connectivity index (χ4v) is 2.47. The van der Waals surface area contributed by atoms with Gasteiger partial charge in [0.15, 0.2) is 5.75 Å². The van der Waals surface area contributed by atoms with E-state index in [1.54, 1.807) is 6.20 Å². The van der Waals surface area contributed by atoms with Gasteiger partial charge in [-0.25, -0.2) is 0 Å². The second kappa shape index (κ2) is 5.71. The maximum absolute atomic E-state index is 5.75. The number of hydrogen-bond acceptors (Lipinski definition) is 2. The van der Waals surface area contributed by atoms with Crippen LogP contribution in [0.2, 0.25) is 0 Å². The summed E-state index contributed by atoms with van der Waals surface area (Å²) in [5.41, 5.74) is 0.254. The van der Waals surface area contributed by atoms with Crippen molar-refractivity contribution in [3.63, 3.8) is 0 Å². The van der Waals surface area contributed by atoms with Gasteiger partial charge in [-0.3, -0.25) is 4.68 Å². The third-order valence-electron chi connectivity index (χ3n) is 2.80. The molecule has 0 aromatic carbocycles. The Balaban J connectivity index is 2.49. The van der Waals surface area contributed by atoms with E-state index >= 15 is 0 Å². The Labute approximate surface area is 106 Å². The predicted molar refractivity (Wildman–Crippen MR) is 70.1 cm³/mol. The molecule has 1 aromatic rings. The SMILES string of the molecule is CCn1cc(OCC(CBr)C(C)(C)C)cn1. The summed E-state index contributed by atoms with van der Waals surface area (Å²) in [6.45, 7) is 10.4. The number of aromatic nitrogens is 2. The molecule has 4 heteroatoms. The van der Waals surface area contributed by atoms with Gasteiger partial charge in [0.2, 0.25) is 0 Å². The van der Waals surface area contributed by atoms with Gasteiger partial charge in [0, 0.05) is 17.8 Å². The first-order valence-corrected chi connectivity index (χ1v) is 6.80. The average Bonchev–Trinajstić information content (AvgIpc) is 2.64. The molecule has 0 N–H and O–H groups in total. The minimum absolute atomic E-state index is 0.254. The fraction of sp³-hybridized carbons (Fsp3) is 0.750. The molecule has 0 spiro atoms. The van der Waals surface area contributed by atoms with E-state index in [0.717, 1.165) is 24.2 Å². The molecule has 0 aliphatic heterocycles.